The van der Waals surface area contributed by atoms with Gasteiger partial charge in [-0.2, -0.15) is 4.31 Å². The number of hydrogen-bond donors (Lipinski definition) is 1. The van der Waals surface area contributed by atoms with E-state index in [0.29, 0.717) is 40.1 Å². The lowest BCUT2D eigenvalue weighted by Gasteiger charge is -2.17. The third-order valence-corrected chi connectivity index (χ3v) is 10.0. The Bertz CT molecular complexity index is 1870. The number of ether oxygens (including phenoxy) is 2. The summed E-state index contributed by atoms with van der Waals surface area (Å²) in [6, 6.07) is 15.6. The topological polar surface area (TPSA) is 107 Å². The Morgan fingerprint density at radius 3 is 2.63 bits per heavy atom. The lowest BCUT2D eigenvalue weighted by atomic mass is 10.1. The average Bonchev–Trinajstić information content (AvgIpc) is 3.47. The number of thiazole rings is 1. The molecule has 0 aliphatic heterocycles. The first-order valence-electron chi connectivity index (χ1n) is 13.4. The SMILES string of the molecule is CCN(Cc1nc(-c2cc3c(Nc4ccc(OCc5cccc(F)c5)c(Br)c4)ncnc3cc2OC)cs1)S(=O)(=O)CC. The monoisotopic (exact) mass is 685 g/mol. The number of halogens is 2. The second-order valence-electron chi connectivity index (χ2n) is 9.43. The van der Waals surface area contributed by atoms with E-state index >= 15 is 0 Å². The lowest BCUT2D eigenvalue weighted by Crippen LogP contribution is -2.31. The summed E-state index contributed by atoms with van der Waals surface area (Å²) in [5.74, 6) is 1.51. The fourth-order valence-corrected chi connectivity index (χ4v) is 6.88. The van der Waals surface area contributed by atoms with Gasteiger partial charge in [-0.1, -0.05) is 19.1 Å². The van der Waals surface area contributed by atoms with Gasteiger partial charge in [0.1, 0.15) is 41.1 Å². The largest absolute Gasteiger partial charge is 0.496 e. The second-order valence-corrected chi connectivity index (χ2v) is 13.5. The minimum atomic E-state index is -3.34. The summed E-state index contributed by atoms with van der Waals surface area (Å²) in [4.78, 5) is 13.7. The molecular weight excluding hydrogens is 657 g/mol. The molecule has 0 saturated carbocycles. The van der Waals surface area contributed by atoms with Gasteiger partial charge in [-0.05, 0) is 64.8 Å². The van der Waals surface area contributed by atoms with Crippen LogP contribution in [0.1, 0.15) is 24.4 Å². The molecular formula is C30H29BrFN5O4S2. The molecule has 0 radical (unpaired) electrons. The van der Waals surface area contributed by atoms with E-state index in [1.54, 1.807) is 26.2 Å². The predicted octanol–water partition coefficient (Wildman–Crippen LogP) is 7.16. The van der Waals surface area contributed by atoms with Crippen molar-refractivity contribution in [3.05, 3.63) is 87.2 Å². The van der Waals surface area contributed by atoms with Gasteiger partial charge in [0.25, 0.3) is 0 Å². The first-order chi connectivity index (χ1) is 20.7. The van der Waals surface area contributed by atoms with Crippen LogP contribution in [-0.2, 0) is 23.2 Å². The molecule has 224 valence electrons. The van der Waals surface area contributed by atoms with Crippen molar-refractivity contribution in [3.63, 3.8) is 0 Å². The standard InChI is InChI=1S/C30H29BrFN5O4S2/c1-4-37(43(38,39)5-2)15-29-36-26(17-42-29)22-13-23-25(14-28(22)40-3)33-18-34-30(23)35-21-9-10-27(24(31)12-21)41-16-19-7-6-8-20(32)11-19/h6-14,17-18H,4-5,15-16H2,1-3H3,(H,33,34,35). The van der Waals surface area contributed by atoms with Gasteiger partial charge in [0, 0.05) is 34.6 Å². The molecule has 9 nitrogen and oxygen atoms in total. The minimum absolute atomic E-state index is 0.0363. The van der Waals surface area contributed by atoms with Crippen LogP contribution in [0.3, 0.4) is 0 Å². The Morgan fingerprint density at radius 2 is 1.91 bits per heavy atom. The number of rotatable bonds is 12. The molecule has 2 heterocycles. The molecule has 1 N–H and O–H groups in total. The average molecular weight is 687 g/mol. The van der Waals surface area contributed by atoms with E-state index in [0.717, 1.165) is 26.7 Å². The zero-order chi connectivity index (χ0) is 30.6. The first-order valence-corrected chi connectivity index (χ1v) is 16.7. The minimum Gasteiger partial charge on any atom is -0.496 e. The zero-order valence-corrected chi connectivity index (χ0v) is 26.9. The molecule has 5 aromatic rings. The zero-order valence-electron chi connectivity index (χ0n) is 23.7. The van der Waals surface area contributed by atoms with Crippen LogP contribution in [0.5, 0.6) is 11.5 Å². The molecule has 0 aliphatic carbocycles. The Labute approximate surface area is 261 Å². The summed E-state index contributed by atoms with van der Waals surface area (Å²) in [6.07, 6.45) is 1.48. The molecule has 0 bridgehead atoms. The molecule has 13 heteroatoms. The van der Waals surface area contributed by atoms with E-state index in [-0.39, 0.29) is 24.7 Å². The number of methoxy groups -OCH3 is 1. The van der Waals surface area contributed by atoms with Crippen LogP contribution in [0.15, 0.2) is 70.8 Å². The van der Waals surface area contributed by atoms with Crippen molar-refractivity contribution in [1.29, 1.82) is 0 Å². The highest BCUT2D eigenvalue weighted by Gasteiger charge is 2.21. The van der Waals surface area contributed by atoms with E-state index in [1.807, 2.05) is 42.6 Å². The lowest BCUT2D eigenvalue weighted by molar-refractivity contribution is 0.303. The van der Waals surface area contributed by atoms with Gasteiger partial charge in [-0.25, -0.2) is 27.8 Å². The number of sulfonamides is 1. The molecule has 0 amide bonds. The van der Waals surface area contributed by atoms with Crippen molar-refractivity contribution < 1.29 is 22.3 Å². The predicted molar refractivity (Wildman–Crippen MR) is 171 cm³/mol. The van der Waals surface area contributed by atoms with E-state index in [1.165, 1.54) is 34.1 Å². The van der Waals surface area contributed by atoms with E-state index in [2.05, 4.69) is 31.2 Å². The molecule has 5 rings (SSSR count). The van der Waals surface area contributed by atoms with Crippen LogP contribution >= 0.6 is 27.3 Å². The van der Waals surface area contributed by atoms with Gasteiger partial charge in [-0.15, -0.1) is 11.3 Å². The van der Waals surface area contributed by atoms with Gasteiger partial charge in [0.05, 0.1) is 35.1 Å². The summed E-state index contributed by atoms with van der Waals surface area (Å²) in [5.41, 5.74) is 3.57. The summed E-state index contributed by atoms with van der Waals surface area (Å²) in [6.45, 7) is 4.25. The maximum absolute atomic E-state index is 13.5. The van der Waals surface area contributed by atoms with Gasteiger partial charge in [-0.3, -0.25) is 0 Å². The normalized spacial score (nSPS) is 11.7. The Hall–Kier alpha value is -3.65. The van der Waals surface area contributed by atoms with Gasteiger partial charge in [0.15, 0.2) is 0 Å². The van der Waals surface area contributed by atoms with E-state index in [4.69, 9.17) is 14.5 Å². The van der Waals surface area contributed by atoms with Crippen molar-refractivity contribution in [2.24, 2.45) is 0 Å². The quantitative estimate of drug-likeness (QED) is 0.148. The maximum atomic E-state index is 13.5. The molecule has 43 heavy (non-hydrogen) atoms. The summed E-state index contributed by atoms with van der Waals surface area (Å²) < 4.78 is 52.1. The number of fused-ring (bicyclic) bond motifs is 1. The molecule has 0 fully saturated rings. The fourth-order valence-electron chi connectivity index (χ4n) is 4.42. The number of nitrogens with one attached hydrogen (secondary N) is 1. The Kier molecular flexibility index (Phi) is 9.55. The van der Waals surface area contributed by atoms with Crippen LogP contribution < -0.4 is 14.8 Å². The summed E-state index contributed by atoms with van der Waals surface area (Å²) >= 11 is 4.96. The highest BCUT2D eigenvalue weighted by atomic mass is 79.9. The molecule has 0 atom stereocenters. The molecule has 3 aromatic carbocycles. The van der Waals surface area contributed by atoms with Gasteiger partial charge >= 0.3 is 0 Å². The molecule has 0 unspecified atom stereocenters. The Balaban J connectivity index is 1.40. The third-order valence-electron chi connectivity index (χ3n) is 6.68. The van der Waals surface area contributed by atoms with Crippen LogP contribution in [0, 0.1) is 5.82 Å². The van der Waals surface area contributed by atoms with Crippen LogP contribution in [-0.4, -0.2) is 47.1 Å². The molecule has 0 saturated heterocycles. The van der Waals surface area contributed by atoms with Gasteiger partial charge < -0.3 is 14.8 Å². The molecule has 0 spiro atoms. The number of anilines is 2. The number of hydrogen-bond acceptors (Lipinski definition) is 9. The molecule has 0 aliphatic rings. The van der Waals surface area contributed by atoms with Crippen molar-refractivity contribution in [3.8, 4) is 22.8 Å². The van der Waals surface area contributed by atoms with E-state index < -0.39 is 10.0 Å². The number of nitrogens with zero attached hydrogens (tertiary/aromatic N) is 4. The third kappa shape index (κ3) is 7.12. The highest BCUT2D eigenvalue weighted by molar-refractivity contribution is 9.10. The van der Waals surface area contributed by atoms with Crippen molar-refractivity contribution in [2.75, 3.05) is 24.7 Å². The fraction of sp³-hybridized carbons (Fsp3) is 0.233. The van der Waals surface area contributed by atoms with Crippen LogP contribution in [0.4, 0.5) is 15.9 Å². The first kappa shape index (κ1) is 30.8. The van der Waals surface area contributed by atoms with Crippen LogP contribution in [0.2, 0.25) is 0 Å². The van der Waals surface area contributed by atoms with Crippen molar-refractivity contribution in [2.45, 2.75) is 27.0 Å². The second kappa shape index (κ2) is 13.3. The maximum Gasteiger partial charge on any atom is 0.214 e. The Morgan fingerprint density at radius 1 is 1.07 bits per heavy atom. The highest BCUT2D eigenvalue weighted by Crippen LogP contribution is 2.37. The summed E-state index contributed by atoms with van der Waals surface area (Å²) in [7, 11) is -1.76. The number of benzene rings is 3. The summed E-state index contributed by atoms with van der Waals surface area (Å²) in [5, 5.41) is 6.68. The van der Waals surface area contributed by atoms with Crippen molar-refractivity contribution >= 4 is 59.7 Å². The van der Waals surface area contributed by atoms with E-state index in [9.17, 15) is 12.8 Å². The van der Waals surface area contributed by atoms with Crippen LogP contribution in [0.25, 0.3) is 22.2 Å². The van der Waals surface area contributed by atoms with Gasteiger partial charge in [0.2, 0.25) is 10.0 Å². The van der Waals surface area contributed by atoms with Crippen molar-refractivity contribution in [1.82, 2.24) is 19.3 Å². The number of aromatic nitrogens is 3. The smallest absolute Gasteiger partial charge is 0.214 e. The molecule has 2 aromatic heterocycles.